The fourth-order valence-electron chi connectivity index (χ4n) is 2.09. The Morgan fingerprint density at radius 1 is 1.00 bits per heavy atom. The van der Waals surface area contributed by atoms with Gasteiger partial charge in [-0.15, -0.1) is 0 Å². The number of furan rings is 1. The molecule has 1 aromatic heterocycles. The number of rotatable bonds is 7. The van der Waals surface area contributed by atoms with Crippen LogP contribution < -0.4 is 5.32 Å². The molecule has 0 saturated heterocycles. The van der Waals surface area contributed by atoms with Crippen molar-refractivity contribution in [2.75, 3.05) is 6.26 Å². The van der Waals surface area contributed by atoms with E-state index >= 15 is 0 Å². The molecule has 108 valence electrons. The average Bonchev–Trinajstić information content (AvgIpc) is 2.87. The summed E-state index contributed by atoms with van der Waals surface area (Å²) >= 11 is 1.78. The topological polar surface area (TPSA) is 25.2 Å². The lowest BCUT2D eigenvalue weighted by Gasteiger charge is -2.07. The predicted octanol–water partition coefficient (Wildman–Crippen LogP) is 4.56. The third-order valence-electron chi connectivity index (χ3n) is 3.28. The van der Waals surface area contributed by atoms with Gasteiger partial charge in [0.2, 0.25) is 0 Å². The van der Waals surface area contributed by atoms with Gasteiger partial charge in [0.15, 0.2) is 0 Å². The Labute approximate surface area is 126 Å². The van der Waals surface area contributed by atoms with Gasteiger partial charge in [0.1, 0.15) is 11.5 Å². The number of benzene rings is 1. The summed E-state index contributed by atoms with van der Waals surface area (Å²) in [6.45, 7) is 6.09. The Bertz CT molecular complexity index is 516. The van der Waals surface area contributed by atoms with Crippen molar-refractivity contribution < 1.29 is 4.42 Å². The maximum Gasteiger partial charge on any atom is 0.118 e. The maximum atomic E-state index is 5.73. The normalized spacial score (nSPS) is 11.2. The summed E-state index contributed by atoms with van der Waals surface area (Å²) in [5.41, 5.74) is 2.70. The number of nitrogens with one attached hydrogen (secondary N) is 1. The summed E-state index contributed by atoms with van der Waals surface area (Å²) in [4.78, 5) is 0. The van der Waals surface area contributed by atoms with E-state index in [-0.39, 0.29) is 0 Å². The molecule has 0 bridgehead atoms. The van der Waals surface area contributed by atoms with Crippen LogP contribution in [0.15, 0.2) is 40.8 Å². The molecule has 2 aromatic rings. The monoisotopic (exact) mass is 289 g/mol. The quantitative estimate of drug-likeness (QED) is 0.809. The van der Waals surface area contributed by atoms with Gasteiger partial charge in [-0.25, -0.2) is 0 Å². The van der Waals surface area contributed by atoms with Gasteiger partial charge in [0.05, 0.1) is 12.3 Å². The zero-order chi connectivity index (χ0) is 14.4. The van der Waals surface area contributed by atoms with Crippen LogP contribution in [-0.2, 0) is 18.8 Å². The first-order chi connectivity index (χ1) is 9.69. The molecule has 1 heterocycles. The van der Waals surface area contributed by atoms with E-state index in [1.54, 1.807) is 11.8 Å². The number of hydrogen-bond donors (Lipinski definition) is 1. The van der Waals surface area contributed by atoms with Crippen LogP contribution in [0.1, 0.15) is 42.4 Å². The van der Waals surface area contributed by atoms with Crippen molar-refractivity contribution >= 4 is 11.8 Å². The Morgan fingerprint density at radius 2 is 1.70 bits per heavy atom. The molecule has 0 spiro atoms. The predicted molar refractivity (Wildman–Crippen MR) is 87.0 cm³/mol. The van der Waals surface area contributed by atoms with Crippen LogP contribution in [0.4, 0.5) is 0 Å². The van der Waals surface area contributed by atoms with Crippen molar-refractivity contribution in [2.45, 2.75) is 38.6 Å². The molecular formula is C17H23NOS. The van der Waals surface area contributed by atoms with Gasteiger partial charge in [-0.1, -0.05) is 38.1 Å². The third-order valence-corrected chi connectivity index (χ3v) is 3.85. The number of hydrogen-bond acceptors (Lipinski definition) is 3. The molecule has 0 radical (unpaired) electrons. The van der Waals surface area contributed by atoms with E-state index in [0.717, 1.165) is 30.4 Å². The second-order valence-corrected chi connectivity index (χ2v) is 6.17. The minimum atomic E-state index is 0.593. The van der Waals surface area contributed by atoms with Crippen LogP contribution >= 0.6 is 11.8 Å². The van der Waals surface area contributed by atoms with E-state index in [1.165, 1.54) is 11.1 Å². The van der Waals surface area contributed by atoms with Gasteiger partial charge < -0.3 is 9.73 Å². The molecule has 0 aliphatic heterocycles. The molecule has 0 aliphatic carbocycles. The van der Waals surface area contributed by atoms with Crippen molar-refractivity contribution in [1.82, 2.24) is 5.32 Å². The minimum absolute atomic E-state index is 0.593. The fraction of sp³-hybridized carbons (Fsp3) is 0.412. The Balaban J connectivity index is 1.79. The number of thioether (sulfide) groups is 1. The van der Waals surface area contributed by atoms with E-state index in [0.29, 0.717) is 5.92 Å². The smallest absolute Gasteiger partial charge is 0.118 e. The standard InChI is InChI=1S/C17H23NOS/c1-13(2)15-6-4-14(5-7-15)10-18-11-16-8-9-17(19-16)12-20-3/h4-9,13,18H,10-12H2,1-3H3. The first kappa shape index (κ1) is 15.2. The van der Waals surface area contributed by atoms with Crippen molar-refractivity contribution in [1.29, 1.82) is 0 Å². The van der Waals surface area contributed by atoms with Crippen LogP contribution in [-0.4, -0.2) is 6.26 Å². The summed E-state index contributed by atoms with van der Waals surface area (Å²) in [6.07, 6.45) is 2.08. The van der Waals surface area contributed by atoms with E-state index in [1.807, 2.05) is 0 Å². The molecule has 0 fully saturated rings. The van der Waals surface area contributed by atoms with Gasteiger partial charge in [-0.05, 0) is 35.4 Å². The lowest BCUT2D eigenvalue weighted by molar-refractivity contribution is 0.459. The van der Waals surface area contributed by atoms with Crippen molar-refractivity contribution in [3.8, 4) is 0 Å². The van der Waals surface area contributed by atoms with Crippen molar-refractivity contribution in [2.24, 2.45) is 0 Å². The molecule has 2 nitrogen and oxygen atoms in total. The lowest BCUT2D eigenvalue weighted by atomic mass is 10.0. The molecule has 0 unspecified atom stereocenters. The van der Waals surface area contributed by atoms with E-state index in [4.69, 9.17) is 4.42 Å². The van der Waals surface area contributed by atoms with Gasteiger partial charge in [-0.2, -0.15) is 11.8 Å². The van der Waals surface area contributed by atoms with Gasteiger partial charge in [0, 0.05) is 6.54 Å². The first-order valence-corrected chi connectivity index (χ1v) is 8.44. The van der Waals surface area contributed by atoms with E-state index in [2.05, 4.69) is 61.8 Å². The van der Waals surface area contributed by atoms with Crippen LogP contribution in [0.3, 0.4) is 0 Å². The molecular weight excluding hydrogens is 266 g/mol. The molecule has 0 saturated carbocycles. The Hall–Kier alpha value is -1.19. The summed E-state index contributed by atoms with van der Waals surface area (Å²) in [6, 6.07) is 12.9. The molecule has 1 N–H and O–H groups in total. The minimum Gasteiger partial charge on any atom is -0.464 e. The molecule has 2 rings (SSSR count). The second-order valence-electron chi connectivity index (χ2n) is 5.30. The van der Waals surface area contributed by atoms with E-state index in [9.17, 15) is 0 Å². The lowest BCUT2D eigenvalue weighted by Crippen LogP contribution is -2.12. The van der Waals surface area contributed by atoms with Crippen LogP contribution in [0.5, 0.6) is 0 Å². The van der Waals surface area contributed by atoms with Crippen LogP contribution in [0.25, 0.3) is 0 Å². The van der Waals surface area contributed by atoms with Crippen LogP contribution in [0.2, 0.25) is 0 Å². The molecule has 3 heteroatoms. The second kappa shape index (κ2) is 7.55. The summed E-state index contributed by atoms with van der Waals surface area (Å²) < 4.78 is 5.73. The van der Waals surface area contributed by atoms with Gasteiger partial charge >= 0.3 is 0 Å². The van der Waals surface area contributed by atoms with Gasteiger partial charge in [-0.3, -0.25) is 0 Å². The summed E-state index contributed by atoms with van der Waals surface area (Å²) in [7, 11) is 0. The Kier molecular flexibility index (Phi) is 5.74. The summed E-state index contributed by atoms with van der Waals surface area (Å²) in [5, 5.41) is 3.42. The average molecular weight is 289 g/mol. The molecule has 0 atom stereocenters. The zero-order valence-electron chi connectivity index (χ0n) is 12.5. The molecule has 1 aromatic carbocycles. The molecule has 0 amide bonds. The van der Waals surface area contributed by atoms with Gasteiger partial charge in [0.25, 0.3) is 0 Å². The van der Waals surface area contributed by atoms with Crippen LogP contribution in [0, 0.1) is 0 Å². The highest BCUT2D eigenvalue weighted by Gasteiger charge is 2.02. The maximum absolute atomic E-state index is 5.73. The summed E-state index contributed by atoms with van der Waals surface area (Å²) in [5.74, 6) is 3.59. The Morgan fingerprint density at radius 3 is 2.35 bits per heavy atom. The zero-order valence-corrected chi connectivity index (χ0v) is 13.3. The highest BCUT2D eigenvalue weighted by atomic mass is 32.2. The van der Waals surface area contributed by atoms with E-state index < -0.39 is 0 Å². The van der Waals surface area contributed by atoms with Crippen molar-refractivity contribution in [3.63, 3.8) is 0 Å². The fourth-order valence-corrected chi connectivity index (χ4v) is 2.53. The highest BCUT2D eigenvalue weighted by Crippen LogP contribution is 2.15. The SMILES string of the molecule is CSCc1ccc(CNCc2ccc(C(C)C)cc2)o1. The largest absolute Gasteiger partial charge is 0.464 e. The molecule has 20 heavy (non-hydrogen) atoms. The molecule has 0 aliphatic rings. The van der Waals surface area contributed by atoms with Crippen molar-refractivity contribution in [3.05, 3.63) is 59.0 Å². The highest BCUT2D eigenvalue weighted by molar-refractivity contribution is 7.97. The first-order valence-electron chi connectivity index (χ1n) is 7.05. The third kappa shape index (κ3) is 4.43.